The largest absolute Gasteiger partial charge is 0.383 e. The highest BCUT2D eigenvalue weighted by molar-refractivity contribution is 7.91. The van der Waals surface area contributed by atoms with Crippen LogP contribution in [-0.4, -0.2) is 50.1 Å². The standard InChI is InChI=1S/C13H25N5O2S/c1-9-8-17(7-6-15-9)12-10(21(5,19)20)11(14)18(16-12)13(2,3)4/h9,15H,6-8,14H2,1-5H3. The molecule has 1 saturated heterocycles. The predicted octanol–water partition coefficient (Wildman–Crippen LogP) is 0.422. The lowest BCUT2D eigenvalue weighted by Gasteiger charge is -2.32. The first-order valence-corrected chi connectivity index (χ1v) is 8.98. The van der Waals surface area contributed by atoms with Crippen LogP contribution in [-0.2, 0) is 15.4 Å². The summed E-state index contributed by atoms with van der Waals surface area (Å²) in [5.74, 6) is 0.685. The Morgan fingerprint density at radius 2 is 2.00 bits per heavy atom. The van der Waals surface area contributed by atoms with Gasteiger partial charge in [-0.3, -0.25) is 0 Å². The van der Waals surface area contributed by atoms with Crippen molar-refractivity contribution in [3.8, 4) is 0 Å². The molecular formula is C13H25N5O2S. The van der Waals surface area contributed by atoms with Crippen molar-refractivity contribution in [2.24, 2.45) is 0 Å². The van der Waals surface area contributed by atoms with Crippen molar-refractivity contribution in [1.29, 1.82) is 0 Å². The first-order valence-electron chi connectivity index (χ1n) is 7.09. The van der Waals surface area contributed by atoms with Gasteiger partial charge in [0.1, 0.15) is 5.82 Å². The Kier molecular flexibility index (Phi) is 3.96. The van der Waals surface area contributed by atoms with Gasteiger partial charge in [0.15, 0.2) is 20.6 Å². The highest BCUT2D eigenvalue weighted by Gasteiger charge is 2.32. The molecule has 21 heavy (non-hydrogen) atoms. The van der Waals surface area contributed by atoms with Crippen molar-refractivity contribution in [1.82, 2.24) is 15.1 Å². The Hall–Kier alpha value is -1.28. The monoisotopic (exact) mass is 315 g/mol. The number of hydrogen-bond acceptors (Lipinski definition) is 6. The van der Waals surface area contributed by atoms with Crippen LogP contribution in [0.4, 0.5) is 11.6 Å². The molecule has 0 aromatic carbocycles. The number of rotatable bonds is 2. The van der Waals surface area contributed by atoms with Crippen LogP contribution in [0.3, 0.4) is 0 Å². The summed E-state index contributed by atoms with van der Waals surface area (Å²) in [6.45, 7) is 10.1. The van der Waals surface area contributed by atoms with Crippen molar-refractivity contribution in [2.45, 2.75) is 44.2 Å². The Bertz CT molecular complexity index is 630. The molecule has 1 fully saturated rings. The number of anilines is 2. The molecule has 0 bridgehead atoms. The van der Waals surface area contributed by atoms with Gasteiger partial charge in [0, 0.05) is 31.9 Å². The molecule has 1 atom stereocenters. The molecule has 120 valence electrons. The number of piperazine rings is 1. The van der Waals surface area contributed by atoms with Crippen molar-refractivity contribution in [3.05, 3.63) is 0 Å². The molecular weight excluding hydrogens is 290 g/mol. The third-order valence-electron chi connectivity index (χ3n) is 3.53. The zero-order chi connectivity index (χ0) is 16.0. The summed E-state index contributed by atoms with van der Waals surface area (Å²) in [5.41, 5.74) is 5.72. The van der Waals surface area contributed by atoms with Crippen molar-refractivity contribution < 1.29 is 8.42 Å². The van der Waals surface area contributed by atoms with Crippen LogP contribution < -0.4 is 16.0 Å². The van der Waals surface area contributed by atoms with E-state index in [2.05, 4.69) is 17.3 Å². The van der Waals surface area contributed by atoms with Crippen LogP contribution in [0.5, 0.6) is 0 Å². The summed E-state index contributed by atoms with van der Waals surface area (Å²) in [5, 5.41) is 7.85. The molecule has 0 spiro atoms. The van der Waals surface area contributed by atoms with E-state index in [0.717, 1.165) is 6.54 Å². The van der Waals surface area contributed by atoms with Crippen molar-refractivity contribution >= 4 is 21.5 Å². The topological polar surface area (TPSA) is 93.2 Å². The maximum Gasteiger partial charge on any atom is 0.182 e. The molecule has 8 heteroatoms. The molecule has 7 nitrogen and oxygen atoms in total. The average molecular weight is 315 g/mol. The van der Waals surface area contributed by atoms with Crippen LogP contribution in [0.1, 0.15) is 27.7 Å². The Labute approximate surface area is 126 Å². The number of aromatic nitrogens is 2. The van der Waals surface area contributed by atoms with Crippen LogP contribution >= 0.6 is 0 Å². The van der Waals surface area contributed by atoms with E-state index in [9.17, 15) is 8.42 Å². The van der Waals surface area contributed by atoms with E-state index < -0.39 is 9.84 Å². The lowest BCUT2D eigenvalue weighted by atomic mass is 10.1. The van der Waals surface area contributed by atoms with E-state index in [1.807, 2.05) is 25.7 Å². The number of nitrogens with two attached hydrogens (primary N) is 1. The third-order valence-corrected chi connectivity index (χ3v) is 4.67. The molecule has 1 aromatic heterocycles. The van der Waals surface area contributed by atoms with Crippen molar-refractivity contribution in [2.75, 3.05) is 36.5 Å². The van der Waals surface area contributed by atoms with E-state index in [0.29, 0.717) is 18.9 Å². The van der Waals surface area contributed by atoms with Gasteiger partial charge in [-0.2, -0.15) is 5.10 Å². The average Bonchev–Trinajstić information content (AvgIpc) is 2.66. The molecule has 3 N–H and O–H groups in total. The van der Waals surface area contributed by atoms with Crippen LogP contribution in [0.25, 0.3) is 0 Å². The molecule has 1 aromatic rings. The zero-order valence-corrected chi connectivity index (χ0v) is 14.2. The summed E-state index contributed by atoms with van der Waals surface area (Å²) in [4.78, 5) is 2.14. The number of nitrogens with zero attached hydrogens (tertiary/aromatic N) is 3. The number of sulfone groups is 1. The van der Waals surface area contributed by atoms with E-state index in [1.54, 1.807) is 4.68 Å². The molecule has 1 aliphatic heterocycles. The zero-order valence-electron chi connectivity index (χ0n) is 13.3. The molecule has 2 rings (SSSR count). The van der Waals surface area contributed by atoms with Gasteiger partial charge >= 0.3 is 0 Å². The lowest BCUT2D eigenvalue weighted by molar-refractivity contribution is 0.360. The van der Waals surface area contributed by atoms with Crippen molar-refractivity contribution in [3.63, 3.8) is 0 Å². The van der Waals surface area contributed by atoms with E-state index >= 15 is 0 Å². The second-order valence-electron chi connectivity index (χ2n) is 6.69. The Morgan fingerprint density at radius 3 is 2.48 bits per heavy atom. The molecule has 1 aliphatic rings. The molecule has 0 radical (unpaired) electrons. The smallest absolute Gasteiger partial charge is 0.182 e. The second-order valence-corrected chi connectivity index (χ2v) is 8.65. The number of nitrogens with one attached hydrogen (secondary N) is 1. The van der Waals surface area contributed by atoms with Gasteiger partial charge in [-0.25, -0.2) is 13.1 Å². The quantitative estimate of drug-likeness (QED) is 0.822. The van der Waals surface area contributed by atoms with Crippen LogP contribution in [0.2, 0.25) is 0 Å². The fourth-order valence-electron chi connectivity index (χ4n) is 2.60. The van der Waals surface area contributed by atoms with Gasteiger partial charge in [0.2, 0.25) is 0 Å². The van der Waals surface area contributed by atoms with Crippen LogP contribution in [0.15, 0.2) is 4.90 Å². The summed E-state index contributed by atoms with van der Waals surface area (Å²) in [6, 6.07) is 0.284. The van der Waals surface area contributed by atoms with Crippen LogP contribution in [0, 0.1) is 0 Å². The van der Waals surface area contributed by atoms with E-state index in [1.165, 1.54) is 6.26 Å². The summed E-state index contributed by atoms with van der Waals surface area (Å²) < 4.78 is 25.9. The second kappa shape index (κ2) is 5.17. The first-order chi connectivity index (χ1) is 9.51. The van der Waals surface area contributed by atoms with Gasteiger partial charge in [-0.1, -0.05) is 0 Å². The maximum absolute atomic E-state index is 12.2. The third kappa shape index (κ3) is 3.16. The van der Waals surface area contributed by atoms with E-state index in [4.69, 9.17) is 5.73 Å². The Morgan fingerprint density at radius 1 is 1.38 bits per heavy atom. The fraction of sp³-hybridized carbons (Fsp3) is 0.769. The molecule has 1 unspecified atom stereocenters. The van der Waals surface area contributed by atoms with Gasteiger partial charge in [0.25, 0.3) is 0 Å². The maximum atomic E-state index is 12.2. The first kappa shape index (κ1) is 16.1. The minimum Gasteiger partial charge on any atom is -0.383 e. The summed E-state index contributed by atoms with van der Waals surface area (Å²) in [7, 11) is -3.44. The van der Waals surface area contributed by atoms with Gasteiger partial charge < -0.3 is 16.0 Å². The molecule has 0 amide bonds. The number of hydrogen-bond donors (Lipinski definition) is 2. The Balaban J connectivity index is 2.59. The van der Waals surface area contributed by atoms with Gasteiger partial charge in [0.05, 0.1) is 5.54 Å². The predicted molar refractivity (Wildman–Crippen MR) is 84.4 cm³/mol. The minimum absolute atomic E-state index is 0.145. The fourth-order valence-corrected chi connectivity index (χ4v) is 3.57. The van der Waals surface area contributed by atoms with Gasteiger partial charge in [-0.05, 0) is 27.7 Å². The minimum atomic E-state index is -3.44. The number of nitrogen functional groups attached to an aromatic ring is 1. The lowest BCUT2D eigenvalue weighted by Crippen LogP contribution is -2.49. The summed E-state index contributed by atoms with van der Waals surface area (Å²) in [6.07, 6.45) is 1.18. The normalized spacial score (nSPS) is 20.8. The summed E-state index contributed by atoms with van der Waals surface area (Å²) >= 11 is 0. The van der Waals surface area contributed by atoms with Gasteiger partial charge in [-0.15, -0.1) is 0 Å². The molecule has 0 saturated carbocycles. The SMILES string of the molecule is CC1CN(c2nn(C(C)(C)C)c(N)c2S(C)(=O)=O)CCN1. The highest BCUT2D eigenvalue weighted by atomic mass is 32.2. The molecule has 0 aliphatic carbocycles. The highest BCUT2D eigenvalue weighted by Crippen LogP contribution is 2.33. The molecule has 2 heterocycles. The van der Waals surface area contributed by atoms with E-state index in [-0.39, 0.29) is 22.3 Å².